The molecule has 2 fully saturated rings. The largest absolute Gasteiger partial charge is 0.489 e. The average Bonchev–Trinajstić information content (AvgIpc) is 3.14. The zero-order chi connectivity index (χ0) is 38.5. The summed E-state index contributed by atoms with van der Waals surface area (Å²) in [5.41, 5.74) is 5.70. The molecule has 14 heteroatoms. The molecule has 0 bridgehead atoms. The standard InChI is InChI=1S/C39H52O6S8/c1-10-32(40)44-31(17-46-18-34-50-20-47-21-51-34)16-42-36-24(3)12-29(13-25(36)4)39(8,9)30-14-26(5)37(27(6)15-30)43-28(7)38(45-33(41)11-2)49-19-35-52-22-48-23-53-35/h10-15,28,31,34-35,38H,1-2,16-23H2,3-9H3. The van der Waals surface area contributed by atoms with Gasteiger partial charge in [-0.2, -0.15) is 11.8 Å². The van der Waals surface area contributed by atoms with Gasteiger partial charge in [-0.05, 0) is 68.0 Å². The van der Waals surface area contributed by atoms with Gasteiger partial charge in [0.05, 0.1) is 9.16 Å². The maximum atomic E-state index is 12.3. The minimum atomic E-state index is -0.458. The van der Waals surface area contributed by atoms with Crippen LogP contribution < -0.4 is 9.47 Å². The molecule has 0 aliphatic carbocycles. The molecule has 0 amide bonds. The molecule has 0 aromatic heterocycles. The molecule has 2 heterocycles. The van der Waals surface area contributed by atoms with Crippen LogP contribution in [0.5, 0.6) is 11.5 Å². The van der Waals surface area contributed by atoms with Crippen molar-refractivity contribution in [3.05, 3.63) is 83.0 Å². The average molecular weight is 873 g/mol. The fraction of sp³-hybridized carbons (Fsp3) is 0.538. The number of aryl methyl sites for hydroxylation is 4. The number of rotatable bonds is 19. The lowest BCUT2D eigenvalue weighted by molar-refractivity contribution is -0.143. The molecule has 0 spiro atoms. The summed E-state index contributed by atoms with van der Waals surface area (Å²) in [6.45, 7) is 22.2. The van der Waals surface area contributed by atoms with E-state index in [0.29, 0.717) is 14.9 Å². The van der Waals surface area contributed by atoms with Crippen molar-refractivity contribution in [3.63, 3.8) is 0 Å². The van der Waals surface area contributed by atoms with Gasteiger partial charge < -0.3 is 18.9 Å². The van der Waals surface area contributed by atoms with Gasteiger partial charge in [0.25, 0.3) is 0 Å². The minimum absolute atomic E-state index is 0.278. The maximum Gasteiger partial charge on any atom is 0.331 e. The van der Waals surface area contributed by atoms with Gasteiger partial charge in [0, 0.05) is 55.2 Å². The Labute approximate surface area is 351 Å². The monoisotopic (exact) mass is 872 g/mol. The van der Waals surface area contributed by atoms with Crippen LogP contribution in [0.4, 0.5) is 0 Å². The Morgan fingerprint density at radius 3 is 1.77 bits per heavy atom. The molecular weight excluding hydrogens is 821 g/mol. The lowest BCUT2D eigenvalue weighted by Crippen LogP contribution is -2.32. The van der Waals surface area contributed by atoms with Gasteiger partial charge in [0.2, 0.25) is 0 Å². The van der Waals surface area contributed by atoms with Crippen LogP contribution in [-0.2, 0) is 24.5 Å². The Kier molecular flexibility index (Phi) is 18.9. The molecule has 53 heavy (non-hydrogen) atoms. The Morgan fingerprint density at radius 1 is 0.792 bits per heavy atom. The predicted molar refractivity (Wildman–Crippen MR) is 242 cm³/mol. The van der Waals surface area contributed by atoms with Crippen LogP contribution >= 0.6 is 94.1 Å². The summed E-state index contributed by atoms with van der Waals surface area (Å²) in [6.07, 6.45) is 1.69. The second kappa shape index (κ2) is 22.3. The van der Waals surface area contributed by atoms with Gasteiger partial charge in [0.1, 0.15) is 30.3 Å². The zero-order valence-corrected chi connectivity index (χ0v) is 38.2. The fourth-order valence-electron chi connectivity index (χ4n) is 5.70. The summed E-state index contributed by atoms with van der Waals surface area (Å²) < 4.78 is 25.5. The molecule has 3 atom stereocenters. The van der Waals surface area contributed by atoms with E-state index >= 15 is 0 Å². The van der Waals surface area contributed by atoms with Gasteiger partial charge in [-0.15, -0.1) is 82.3 Å². The molecule has 4 rings (SSSR count). The first kappa shape index (κ1) is 45.0. The van der Waals surface area contributed by atoms with Gasteiger partial charge in [-0.3, -0.25) is 0 Å². The first-order valence-corrected chi connectivity index (χ1v) is 26.0. The summed E-state index contributed by atoms with van der Waals surface area (Å²) in [5, 5.41) is 4.45. The van der Waals surface area contributed by atoms with E-state index in [-0.39, 0.29) is 24.2 Å². The Hall–Kier alpha value is -0.740. The number of ether oxygens (including phenoxy) is 4. The first-order valence-electron chi connectivity index (χ1n) is 17.3. The first-order chi connectivity index (χ1) is 25.3. The number of esters is 2. The van der Waals surface area contributed by atoms with E-state index in [4.69, 9.17) is 18.9 Å². The van der Waals surface area contributed by atoms with Crippen LogP contribution in [0.3, 0.4) is 0 Å². The van der Waals surface area contributed by atoms with E-state index in [9.17, 15) is 9.59 Å². The van der Waals surface area contributed by atoms with Crippen LogP contribution in [0.2, 0.25) is 0 Å². The summed E-state index contributed by atoms with van der Waals surface area (Å²) in [5.74, 6) is 3.30. The van der Waals surface area contributed by atoms with Crippen molar-refractivity contribution in [2.24, 2.45) is 0 Å². The molecule has 0 saturated carbocycles. The number of carbonyl (C=O) groups is 2. The summed E-state index contributed by atoms with van der Waals surface area (Å²) >= 11 is 15.2. The predicted octanol–water partition coefficient (Wildman–Crippen LogP) is 10.9. The number of hydrogen-bond donors (Lipinski definition) is 0. The van der Waals surface area contributed by atoms with Gasteiger partial charge in [0.15, 0.2) is 5.44 Å². The molecular formula is C39H52O6S8. The van der Waals surface area contributed by atoms with E-state index in [1.165, 1.54) is 23.3 Å². The van der Waals surface area contributed by atoms with Crippen LogP contribution in [0, 0.1) is 27.7 Å². The highest BCUT2D eigenvalue weighted by Crippen LogP contribution is 2.41. The highest BCUT2D eigenvalue weighted by Gasteiger charge is 2.30. The van der Waals surface area contributed by atoms with Crippen molar-refractivity contribution in [1.82, 2.24) is 0 Å². The lowest BCUT2D eigenvalue weighted by atomic mass is 9.76. The number of carbonyl (C=O) groups excluding carboxylic acids is 2. The van der Waals surface area contributed by atoms with Crippen molar-refractivity contribution in [3.8, 4) is 11.5 Å². The summed E-state index contributed by atoms with van der Waals surface area (Å²) in [4.78, 5) is 24.4. The Morgan fingerprint density at radius 2 is 1.26 bits per heavy atom. The van der Waals surface area contributed by atoms with Crippen LogP contribution in [-0.4, -0.2) is 83.0 Å². The molecule has 2 aliphatic rings. The minimum Gasteiger partial charge on any atom is -0.489 e. The van der Waals surface area contributed by atoms with Crippen molar-refractivity contribution < 1.29 is 28.5 Å². The molecule has 0 N–H and O–H groups in total. The summed E-state index contributed by atoms with van der Waals surface area (Å²) in [6, 6.07) is 8.81. The van der Waals surface area contributed by atoms with Crippen LogP contribution in [0.15, 0.2) is 49.6 Å². The smallest absolute Gasteiger partial charge is 0.331 e. The van der Waals surface area contributed by atoms with Crippen LogP contribution in [0.1, 0.15) is 54.2 Å². The Balaban J connectivity index is 1.45. The fourth-order valence-corrected chi connectivity index (χ4v) is 18.4. The van der Waals surface area contributed by atoms with Crippen molar-refractivity contribution in [2.45, 2.75) is 80.7 Å². The zero-order valence-electron chi connectivity index (χ0n) is 31.6. The van der Waals surface area contributed by atoms with E-state index < -0.39 is 17.4 Å². The molecule has 3 unspecified atom stereocenters. The molecule has 0 radical (unpaired) electrons. The normalized spacial score (nSPS) is 17.3. The van der Waals surface area contributed by atoms with E-state index in [0.717, 1.165) is 65.6 Å². The van der Waals surface area contributed by atoms with Crippen LogP contribution in [0.25, 0.3) is 0 Å². The molecule has 6 nitrogen and oxygen atoms in total. The topological polar surface area (TPSA) is 71.1 Å². The van der Waals surface area contributed by atoms with Gasteiger partial charge >= 0.3 is 11.9 Å². The van der Waals surface area contributed by atoms with E-state index in [1.54, 1.807) is 11.8 Å². The highest BCUT2D eigenvalue weighted by atomic mass is 32.3. The number of hydrogen-bond acceptors (Lipinski definition) is 14. The van der Waals surface area contributed by atoms with Crippen molar-refractivity contribution in [1.29, 1.82) is 0 Å². The third-order valence-corrected chi connectivity index (χ3v) is 20.6. The quantitative estimate of drug-likeness (QED) is 0.0764. The molecule has 2 aromatic carbocycles. The summed E-state index contributed by atoms with van der Waals surface area (Å²) in [7, 11) is 0. The van der Waals surface area contributed by atoms with Gasteiger partial charge in [-0.25, -0.2) is 9.59 Å². The molecule has 292 valence electrons. The highest BCUT2D eigenvalue weighted by molar-refractivity contribution is 8.33. The molecule has 2 saturated heterocycles. The Bertz CT molecular complexity index is 1510. The maximum absolute atomic E-state index is 12.3. The second-order valence-electron chi connectivity index (χ2n) is 13.2. The van der Waals surface area contributed by atoms with Crippen molar-refractivity contribution >= 4 is 106 Å². The van der Waals surface area contributed by atoms with Gasteiger partial charge in [-0.1, -0.05) is 51.3 Å². The van der Waals surface area contributed by atoms with Crippen molar-refractivity contribution in [2.75, 3.05) is 44.2 Å². The van der Waals surface area contributed by atoms with E-state index in [2.05, 4.69) is 79.0 Å². The molecule has 2 aliphatic heterocycles. The lowest BCUT2D eigenvalue weighted by Gasteiger charge is -2.31. The number of benzene rings is 2. The third-order valence-electron chi connectivity index (χ3n) is 8.62. The van der Waals surface area contributed by atoms with E-state index in [1.807, 2.05) is 89.3 Å². The second-order valence-corrected chi connectivity index (χ2v) is 24.2. The SMILES string of the molecule is C=CC(=O)OC(COc1c(C)cc(C(C)(C)c2cc(C)c(OC(C)C(OC(=O)C=C)SCC3SCSCS3)c(C)c2)cc1C)CSCC1SCSCS1. The third kappa shape index (κ3) is 13.7. The number of thioether (sulfide) groups is 8. The molecule has 2 aromatic rings.